The maximum atomic E-state index is 12.5. The van der Waals surface area contributed by atoms with Crippen molar-refractivity contribution in [3.05, 3.63) is 125 Å². The molecule has 8 heteroatoms. The predicted molar refractivity (Wildman–Crippen MR) is 139 cm³/mol. The van der Waals surface area contributed by atoms with Crippen LogP contribution in [0.5, 0.6) is 5.88 Å². The summed E-state index contributed by atoms with van der Waals surface area (Å²) < 4.78 is 37.2. The van der Waals surface area contributed by atoms with Crippen molar-refractivity contribution in [3.8, 4) is 5.88 Å². The number of alkyl halides is 2. The highest BCUT2D eigenvalue weighted by Crippen LogP contribution is 2.44. The standard InChI is InChI=1S/C29H24ClF2N3O2/c1-20-26-24(19-25(30)33-20)35(34-27(26)36-17-18-37-28(31)32)29(21-11-5-2-6-12-21,22-13-7-3-8-14-22)23-15-9-4-10-16-23/h2-16,19,28H,17-18H2,1H3. The fraction of sp³-hybridized carbons (Fsp3) is 0.172. The lowest BCUT2D eigenvalue weighted by Gasteiger charge is -2.36. The molecule has 37 heavy (non-hydrogen) atoms. The molecule has 0 spiro atoms. The Balaban J connectivity index is 1.84. The summed E-state index contributed by atoms with van der Waals surface area (Å²) in [4.78, 5) is 4.41. The average molecular weight is 520 g/mol. The van der Waals surface area contributed by atoms with Gasteiger partial charge in [0.15, 0.2) is 0 Å². The van der Waals surface area contributed by atoms with E-state index in [2.05, 4.69) is 46.1 Å². The summed E-state index contributed by atoms with van der Waals surface area (Å²) in [7, 11) is 0. The van der Waals surface area contributed by atoms with Crippen molar-refractivity contribution in [2.45, 2.75) is 19.1 Å². The lowest BCUT2D eigenvalue weighted by atomic mass is 9.77. The third-order valence-corrected chi connectivity index (χ3v) is 6.43. The second-order valence-electron chi connectivity index (χ2n) is 8.43. The van der Waals surface area contributed by atoms with E-state index in [-0.39, 0.29) is 19.1 Å². The molecule has 0 saturated carbocycles. The monoisotopic (exact) mass is 519 g/mol. The SMILES string of the molecule is Cc1nc(Cl)cc2c1c(OCCOC(F)F)nn2C(c1ccccc1)(c1ccccc1)c1ccccc1. The van der Waals surface area contributed by atoms with Crippen LogP contribution in [0.3, 0.4) is 0 Å². The topological polar surface area (TPSA) is 49.2 Å². The van der Waals surface area contributed by atoms with Crippen LogP contribution < -0.4 is 4.74 Å². The number of aromatic nitrogens is 3. The smallest absolute Gasteiger partial charge is 0.345 e. The molecule has 0 N–H and O–H groups in total. The summed E-state index contributed by atoms with van der Waals surface area (Å²) in [5.74, 6) is 0.265. The summed E-state index contributed by atoms with van der Waals surface area (Å²) in [6.07, 6.45) is 0. The van der Waals surface area contributed by atoms with Gasteiger partial charge in [-0.3, -0.25) is 0 Å². The highest BCUT2D eigenvalue weighted by Gasteiger charge is 2.41. The Hall–Kier alpha value is -3.81. The van der Waals surface area contributed by atoms with Crippen molar-refractivity contribution in [2.24, 2.45) is 0 Å². The van der Waals surface area contributed by atoms with Gasteiger partial charge < -0.3 is 9.47 Å². The average Bonchev–Trinajstić information content (AvgIpc) is 3.28. The van der Waals surface area contributed by atoms with E-state index < -0.39 is 12.2 Å². The first-order valence-corrected chi connectivity index (χ1v) is 12.1. The minimum absolute atomic E-state index is 0.104. The number of pyridine rings is 1. The Bertz CT molecular complexity index is 1380. The molecule has 5 aromatic rings. The molecule has 188 valence electrons. The Labute approximate surface area is 218 Å². The number of ether oxygens (including phenoxy) is 2. The van der Waals surface area contributed by atoms with E-state index in [0.717, 1.165) is 16.7 Å². The van der Waals surface area contributed by atoms with Crippen LogP contribution >= 0.6 is 11.6 Å². The van der Waals surface area contributed by atoms with E-state index in [1.165, 1.54) is 0 Å². The molecule has 0 aliphatic heterocycles. The summed E-state index contributed by atoms with van der Waals surface area (Å²) in [6.45, 7) is -1.44. The predicted octanol–water partition coefficient (Wildman–Crippen LogP) is 6.85. The Morgan fingerprint density at radius 1 is 0.838 bits per heavy atom. The van der Waals surface area contributed by atoms with E-state index >= 15 is 0 Å². The van der Waals surface area contributed by atoms with E-state index in [0.29, 0.717) is 21.7 Å². The summed E-state index contributed by atoms with van der Waals surface area (Å²) in [5, 5.41) is 5.92. The Morgan fingerprint density at radius 2 is 1.35 bits per heavy atom. The van der Waals surface area contributed by atoms with Crippen LogP contribution in [0.1, 0.15) is 22.4 Å². The summed E-state index contributed by atoms with van der Waals surface area (Å²) >= 11 is 6.46. The molecular weight excluding hydrogens is 496 g/mol. The number of hydrogen-bond acceptors (Lipinski definition) is 4. The number of benzene rings is 3. The van der Waals surface area contributed by atoms with E-state index in [1.807, 2.05) is 66.2 Å². The van der Waals surface area contributed by atoms with Gasteiger partial charge in [0.2, 0.25) is 5.88 Å². The Kier molecular flexibility index (Phi) is 7.17. The molecule has 0 aliphatic rings. The normalized spacial score (nSPS) is 11.8. The first kappa shape index (κ1) is 24.9. The molecule has 5 rings (SSSR count). The summed E-state index contributed by atoms with van der Waals surface area (Å²) in [6, 6.07) is 31.9. The quantitative estimate of drug-likeness (QED) is 0.121. The van der Waals surface area contributed by atoms with Crippen LogP contribution in [0.4, 0.5) is 8.78 Å². The number of fused-ring (bicyclic) bond motifs is 1. The zero-order valence-electron chi connectivity index (χ0n) is 20.0. The van der Waals surface area contributed by atoms with Gasteiger partial charge in [0, 0.05) is 6.07 Å². The van der Waals surface area contributed by atoms with Crippen LogP contribution in [0.25, 0.3) is 10.9 Å². The third-order valence-electron chi connectivity index (χ3n) is 6.24. The molecule has 0 bridgehead atoms. The number of halogens is 3. The van der Waals surface area contributed by atoms with Crippen molar-refractivity contribution in [3.63, 3.8) is 0 Å². The molecule has 3 aromatic carbocycles. The molecule has 5 nitrogen and oxygen atoms in total. The van der Waals surface area contributed by atoms with Crippen LogP contribution in [0, 0.1) is 6.92 Å². The molecule has 0 aliphatic carbocycles. The van der Waals surface area contributed by atoms with Gasteiger partial charge in [-0.25, -0.2) is 9.67 Å². The second-order valence-corrected chi connectivity index (χ2v) is 8.82. The lowest BCUT2D eigenvalue weighted by Crippen LogP contribution is -2.38. The van der Waals surface area contributed by atoms with Crippen molar-refractivity contribution < 1.29 is 18.3 Å². The summed E-state index contributed by atoms with van der Waals surface area (Å²) in [5.41, 5.74) is 3.29. The maximum Gasteiger partial charge on any atom is 0.345 e. The minimum atomic E-state index is -2.87. The van der Waals surface area contributed by atoms with Gasteiger partial charge in [0.1, 0.15) is 17.3 Å². The Morgan fingerprint density at radius 3 is 1.84 bits per heavy atom. The van der Waals surface area contributed by atoms with Gasteiger partial charge in [-0.2, -0.15) is 8.78 Å². The van der Waals surface area contributed by atoms with Crippen molar-refractivity contribution in [2.75, 3.05) is 13.2 Å². The van der Waals surface area contributed by atoms with Crippen LogP contribution in [0.2, 0.25) is 5.15 Å². The van der Waals surface area contributed by atoms with Crippen LogP contribution in [-0.2, 0) is 10.3 Å². The highest BCUT2D eigenvalue weighted by molar-refractivity contribution is 6.30. The third kappa shape index (κ3) is 4.68. The highest BCUT2D eigenvalue weighted by atomic mass is 35.5. The molecule has 0 unspecified atom stereocenters. The van der Waals surface area contributed by atoms with Gasteiger partial charge in [0.05, 0.1) is 23.2 Å². The van der Waals surface area contributed by atoms with Gasteiger partial charge in [-0.05, 0) is 23.6 Å². The number of hydrogen-bond donors (Lipinski definition) is 0. The molecular formula is C29H24ClF2N3O2. The fourth-order valence-corrected chi connectivity index (χ4v) is 5.01. The molecule has 0 fully saturated rings. The molecule has 0 radical (unpaired) electrons. The number of rotatable bonds is 9. The van der Waals surface area contributed by atoms with Gasteiger partial charge in [-0.15, -0.1) is 5.10 Å². The lowest BCUT2D eigenvalue weighted by molar-refractivity contribution is -0.133. The van der Waals surface area contributed by atoms with Crippen LogP contribution in [-0.4, -0.2) is 34.6 Å². The first-order chi connectivity index (χ1) is 18.0. The number of aryl methyl sites for hydroxylation is 1. The van der Waals surface area contributed by atoms with Gasteiger partial charge >= 0.3 is 6.61 Å². The molecule has 0 atom stereocenters. The molecule has 0 amide bonds. The molecule has 0 saturated heterocycles. The van der Waals surface area contributed by atoms with Crippen molar-refractivity contribution in [1.29, 1.82) is 0 Å². The van der Waals surface area contributed by atoms with Crippen LogP contribution in [0.15, 0.2) is 97.1 Å². The van der Waals surface area contributed by atoms with Gasteiger partial charge in [0.25, 0.3) is 0 Å². The zero-order valence-corrected chi connectivity index (χ0v) is 20.8. The fourth-order valence-electron chi connectivity index (χ4n) is 4.78. The maximum absolute atomic E-state index is 12.5. The van der Waals surface area contributed by atoms with E-state index in [1.54, 1.807) is 6.07 Å². The van der Waals surface area contributed by atoms with E-state index in [4.69, 9.17) is 21.4 Å². The molecule has 2 aromatic heterocycles. The van der Waals surface area contributed by atoms with Crippen molar-refractivity contribution >= 4 is 22.5 Å². The molecule has 2 heterocycles. The largest absolute Gasteiger partial charge is 0.474 e. The van der Waals surface area contributed by atoms with E-state index in [9.17, 15) is 8.78 Å². The van der Waals surface area contributed by atoms with Gasteiger partial charge in [-0.1, -0.05) is 103 Å². The minimum Gasteiger partial charge on any atom is -0.474 e. The van der Waals surface area contributed by atoms with Crippen molar-refractivity contribution in [1.82, 2.24) is 14.8 Å². The first-order valence-electron chi connectivity index (χ1n) is 11.8. The zero-order chi connectivity index (χ0) is 25.8. The number of nitrogens with zero attached hydrogens (tertiary/aromatic N) is 3. The second kappa shape index (κ2) is 10.7.